The summed E-state index contributed by atoms with van der Waals surface area (Å²) in [5.74, 6) is 0. The summed E-state index contributed by atoms with van der Waals surface area (Å²) >= 11 is 0. The summed E-state index contributed by atoms with van der Waals surface area (Å²) in [6.07, 6.45) is 0. The van der Waals surface area contributed by atoms with E-state index in [1.54, 1.807) is 0 Å². The summed E-state index contributed by atoms with van der Waals surface area (Å²) in [6.45, 7) is 0.287. The van der Waals surface area contributed by atoms with Crippen molar-refractivity contribution in [3.8, 4) is 11.1 Å². The minimum absolute atomic E-state index is 0.287. The predicted octanol–water partition coefficient (Wildman–Crippen LogP) is 2.25. The van der Waals surface area contributed by atoms with Gasteiger partial charge in [0.05, 0.1) is 0 Å². The predicted molar refractivity (Wildman–Crippen MR) is 81.3 cm³/mol. The van der Waals surface area contributed by atoms with E-state index in [-0.39, 0.29) is 6.54 Å². The molecule has 0 spiro atoms. The van der Waals surface area contributed by atoms with Crippen molar-refractivity contribution < 1.29 is 8.42 Å². The number of nitrogens with one attached hydrogen (secondary N) is 1. The molecule has 0 unspecified atom stereocenters. The van der Waals surface area contributed by atoms with Crippen LogP contribution in [0.2, 0.25) is 0 Å². The first kappa shape index (κ1) is 14.7. The smallest absolute Gasteiger partial charge is 0.198 e. The molecule has 0 saturated heterocycles. The first-order chi connectivity index (χ1) is 9.49. The lowest BCUT2D eigenvalue weighted by atomic mass is 10.0. The summed E-state index contributed by atoms with van der Waals surface area (Å²) in [7, 11) is -0.374. The van der Waals surface area contributed by atoms with E-state index in [1.807, 2.05) is 54.6 Å². The van der Waals surface area contributed by atoms with Crippen molar-refractivity contribution in [3.05, 3.63) is 60.2 Å². The van der Waals surface area contributed by atoms with E-state index in [0.29, 0.717) is 0 Å². The maximum Gasteiger partial charge on any atom is 0.279 e. The van der Waals surface area contributed by atoms with Crippen LogP contribution in [0.5, 0.6) is 0 Å². The van der Waals surface area contributed by atoms with E-state index in [4.69, 9.17) is 0 Å². The van der Waals surface area contributed by atoms with Crippen LogP contribution in [0.15, 0.2) is 54.6 Å². The van der Waals surface area contributed by atoms with E-state index in [2.05, 4.69) is 4.72 Å². The Balaban J connectivity index is 2.06. The van der Waals surface area contributed by atoms with Gasteiger partial charge in [0.15, 0.2) is 0 Å². The van der Waals surface area contributed by atoms with Crippen LogP contribution in [-0.2, 0) is 16.8 Å². The zero-order valence-electron chi connectivity index (χ0n) is 11.6. The fraction of sp³-hybridized carbons (Fsp3) is 0.200. The maximum atomic E-state index is 11.6. The highest BCUT2D eigenvalue weighted by molar-refractivity contribution is 7.87. The molecule has 2 rings (SSSR count). The Hall–Kier alpha value is -1.69. The molecular formula is C15H18N2O2S. The molecule has 1 N–H and O–H groups in total. The Bertz CT molecular complexity index is 650. The molecule has 0 heterocycles. The molecule has 0 amide bonds. The molecule has 0 bridgehead atoms. The van der Waals surface area contributed by atoms with Crippen LogP contribution in [0.3, 0.4) is 0 Å². The van der Waals surface area contributed by atoms with Gasteiger partial charge in [-0.2, -0.15) is 17.4 Å². The second kappa shape index (κ2) is 6.17. The van der Waals surface area contributed by atoms with Crippen LogP contribution in [0.25, 0.3) is 11.1 Å². The van der Waals surface area contributed by atoms with Gasteiger partial charge in [0, 0.05) is 20.6 Å². The average Bonchev–Trinajstić information content (AvgIpc) is 2.46. The van der Waals surface area contributed by atoms with Gasteiger partial charge in [-0.3, -0.25) is 0 Å². The third-order valence-corrected chi connectivity index (χ3v) is 4.47. The Morgan fingerprint density at radius 3 is 2.00 bits per heavy atom. The van der Waals surface area contributed by atoms with Crippen LogP contribution in [0.4, 0.5) is 0 Å². The number of hydrogen-bond donors (Lipinski definition) is 1. The van der Waals surface area contributed by atoms with Crippen molar-refractivity contribution in [3.63, 3.8) is 0 Å². The van der Waals surface area contributed by atoms with Crippen LogP contribution in [0.1, 0.15) is 5.56 Å². The quantitative estimate of drug-likeness (QED) is 0.918. The topological polar surface area (TPSA) is 49.4 Å². The van der Waals surface area contributed by atoms with Gasteiger partial charge >= 0.3 is 0 Å². The van der Waals surface area contributed by atoms with Crippen molar-refractivity contribution in [1.29, 1.82) is 0 Å². The molecular weight excluding hydrogens is 272 g/mol. The molecule has 2 aromatic rings. The molecule has 5 heteroatoms. The van der Waals surface area contributed by atoms with E-state index in [0.717, 1.165) is 21.0 Å². The molecule has 0 fully saturated rings. The van der Waals surface area contributed by atoms with Gasteiger partial charge < -0.3 is 0 Å². The Morgan fingerprint density at radius 2 is 1.45 bits per heavy atom. The highest BCUT2D eigenvalue weighted by Gasteiger charge is 2.11. The normalized spacial score (nSPS) is 11.8. The first-order valence-electron chi connectivity index (χ1n) is 6.30. The van der Waals surface area contributed by atoms with Crippen LogP contribution in [0, 0.1) is 0 Å². The van der Waals surface area contributed by atoms with Crippen molar-refractivity contribution in [2.24, 2.45) is 0 Å². The van der Waals surface area contributed by atoms with Crippen LogP contribution < -0.4 is 4.72 Å². The summed E-state index contributed by atoms with van der Waals surface area (Å²) < 4.78 is 26.9. The largest absolute Gasteiger partial charge is 0.279 e. The Kier molecular flexibility index (Phi) is 4.54. The van der Waals surface area contributed by atoms with Crippen LogP contribution >= 0.6 is 0 Å². The first-order valence-corrected chi connectivity index (χ1v) is 7.74. The van der Waals surface area contributed by atoms with Gasteiger partial charge in [-0.25, -0.2) is 0 Å². The highest BCUT2D eigenvalue weighted by atomic mass is 32.2. The number of rotatable bonds is 5. The summed E-state index contributed by atoms with van der Waals surface area (Å²) in [5, 5.41) is 0. The number of nitrogens with zero attached hydrogens (tertiary/aromatic N) is 1. The lowest BCUT2D eigenvalue weighted by Crippen LogP contribution is -2.35. The van der Waals surface area contributed by atoms with Gasteiger partial charge in [0.25, 0.3) is 10.2 Å². The van der Waals surface area contributed by atoms with Gasteiger partial charge in [-0.05, 0) is 16.7 Å². The van der Waals surface area contributed by atoms with Gasteiger partial charge in [-0.15, -0.1) is 0 Å². The molecule has 4 nitrogen and oxygen atoms in total. The zero-order valence-corrected chi connectivity index (χ0v) is 12.4. The van der Waals surface area contributed by atoms with Crippen molar-refractivity contribution >= 4 is 10.2 Å². The molecule has 0 atom stereocenters. The van der Waals surface area contributed by atoms with Crippen molar-refractivity contribution in [1.82, 2.24) is 9.03 Å². The van der Waals surface area contributed by atoms with Crippen molar-refractivity contribution in [2.45, 2.75) is 6.54 Å². The fourth-order valence-corrected chi connectivity index (χ4v) is 2.36. The number of benzene rings is 2. The van der Waals surface area contributed by atoms with E-state index < -0.39 is 10.2 Å². The Labute approximate surface area is 120 Å². The van der Waals surface area contributed by atoms with Gasteiger partial charge in [0.1, 0.15) is 0 Å². The minimum Gasteiger partial charge on any atom is -0.198 e. The summed E-state index contributed by atoms with van der Waals surface area (Å²) in [6, 6.07) is 17.9. The SMILES string of the molecule is CN(C)S(=O)(=O)NCc1ccc(-c2ccccc2)cc1. The monoisotopic (exact) mass is 290 g/mol. The molecule has 0 radical (unpaired) electrons. The zero-order chi connectivity index (χ0) is 14.6. The molecule has 106 valence electrons. The summed E-state index contributed by atoms with van der Waals surface area (Å²) in [5.41, 5.74) is 3.19. The average molecular weight is 290 g/mol. The van der Waals surface area contributed by atoms with E-state index in [9.17, 15) is 8.42 Å². The van der Waals surface area contributed by atoms with Crippen molar-refractivity contribution in [2.75, 3.05) is 14.1 Å². The molecule has 2 aromatic carbocycles. The molecule has 0 aromatic heterocycles. The van der Waals surface area contributed by atoms with E-state index in [1.165, 1.54) is 14.1 Å². The molecule has 0 aliphatic carbocycles. The second-order valence-corrected chi connectivity index (χ2v) is 6.64. The second-order valence-electron chi connectivity index (χ2n) is 4.67. The Morgan fingerprint density at radius 1 is 0.900 bits per heavy atom. The maximum absolute atomic E-state index is 11.6. The third-order valence-electron chi connectivity index (χ3n) is 3.00. The molecule has 0 aliphatic heterocycles. The highest BCUT2D eigenvalue weighted by Crippen LogP contribution is 2.19. The standard InChI is InChI=1S/C15H18N2O2S/c1-17(2)20(18,19)16-12-13-8-10-15(11-9-13)14-6-4-3-5-7-14/h3-11,16H,12H2,1-2H3. The third kappa shape index (κ3) is 3.66. The minimum atomic E-state index is -3.38. The van der Waals surface area contributed by atoms with Gasteiger partial charge in [-0.1, -0.05) is 54.6 Å². The lowest BCUT2D eigenvalue weighted by Gasteiger charge is -2.12. The molecule has 0 saturated carbocycles. The lowest BCUT2D eigenvalue weighted by molar-refractivity contribution is 0.505. The van der Waals surface area contributed by atoms with Gasteiger partial charge in [0.2, 0.25) is 0 Å². The molecule has 20 heavy (non-hydrogen) atoms. The summed E-state index contributed by atoms with van der Waals surface area (Å²) in [4.78, 5) is 0. The van der Waals surface area contributed by atoms with E-state index >= 15 is 0 Å². The van der Waals surface area contributed by atoms with Crippen LogP contribution in [-0.4, -0.2) is 26.8 Å². The molecule has 0 aliphatic rings. The fourth-order valence-electron chi connectivity index (χ4n) is 1.75. The number of hydrogen-bond acceptors (Lipinski definition) is 2.